The van der Waals surface area contributed by atoms with Gasteiger partial charge in [-0.25, -0.2) is 4.99 Å². The maximum Gasteiger partial charge on any atom is 0.267 e. The number of amidine groups is 1. The molecule has 41 heavy (non-hydrogen) atoms. The zero-order valence-corrected chi connectivity index (χ0v) is 24.9. The highest BCUT2D eigenvalue weighted by Gasteiger charge is 2.39. The Morgan fingerprint density at radius 1 is 1.02 bits per heavy atom. The topological polar surface area (TPSA) is 46.8 Å². The third-order valence-corrected chi connectivity index (χ3v) is 8.98. The lowest BCUT2D eigenvalue weighted by molar-refractivity contribution is -0.123. The first kappa shape index (κ1) is 27.4. The summed E-state index contributed by atoms with van der Waals surface area (Å²) >= 11 is 1.50. The van der Waals surface area contributed by atoms with Gasteiger partial charge in [0, 0.05) is 28.7 Å². The molecule has 210 valence electrons. The van der Waals surface area contributed by atoms with Crippen LogP contribution in [0.2, 0.25) is 0 Å². The Hall–Kier alpha value is -3.77. The lowest BCUT2D eigenvalue weighted by Crippen LogP contribution is -2.37. The van der Waals surface area contributed by atoms with Crippen LogP contribution in [0, 0.1) is 6.92 Å². The molecule has 2 fully saturated rings. The summed E-state index contributed by atoms with van der Waals surface area (Å²) in [5, 5.41) is 1.92. The van der Waals surface area contributed by atoms with Crippen molar-refractivity contribution in [2.75, 3.05) is 6.61 Å². The van der Waals surface area contributed by atoms with Crippen molar-refractivity contribution in [2.45, 2.75) is 65.0 Å². The molecule has 0 bridgehead atoms. The highest BCUT2D eigenvalue weighted by molar-refractivity contribution is 8.18. The first-order valence-electron chi connectivity index (χ1n) is 14.7. The third kappa shape index (κ3) is 5.84. The van der Waals surface area contributed by atoms with Crippen LogP contribution in [-0.4, -0.2) is 33.2 Å². The molecule has 0 atom stereocenters. The lowest BCUT2D eigenvalue weighted by atomic mass is 10.0. The van der Waals surface area contributed by atoms with Gasteiger partial charge in [-0.15, -0.1) is 0 Å². The highest BCUT2D eigenvalue weighted by Crippen LogP contribution is 2.40. The summed E-state index contributed by atoms with van der Waals surface area (Å²) < 4.78 is 8.56. The highest BCUT2D eigenvalue weighted by atomic mass is 32.2. The van der Waals surface area contributed by atoms with Crippen molar-refractivity contribution >= 4 is 45.5 Å². The van der Waals surface area contributed by atoms with Crippen LogP contribution >= 0.6 is 11.8 Å². The number of hydrogen-bond acceptors (Lipinski definition) is 4. The lowest BCUT2D eigenvalue weighted by Gasteiger charge is -2.22. The molecule has 0 unspecified atom stereocenters. The van der Waals surface area contributed by atoms with Gasteiger partial charge in [0.2, 0.25) is 0 Å². The monoisotopic (exact) mass is 563 g/mol. The number of rotatable bonds is 8. The number of aliphatic imine (C=N–C) groups is 1. The van der Waals surface area contributed by atoms with Crippen molar-refractivity contribution in [3.05, 3.63) is 101 Å². The van der Waals surface area contributed by atoms with E-state index in [4.69, 9.17) is 9.73 Å². The zero-order chi connectivity index (χ0) is 28.3. The van der Waals surface area contributed by atoms with Gasteiger partial charge in [0.25, 0.3) is 5.91 Å². The van der Waals surface area contributed by atoms with Crippen LogP contribution in [0.5, 0.6) is 5.75 Å². The van der Waals surface area contributed by atoms with Crippen molar-refractivity contribution in [3.8, 4) is 5.75 Å². The predicted molar refractivity (Wildman–Crippen MR) is 171 cm³/mol. The minimum Gasteiger partial charge on any atom is -0.491 e. The number of carbonyl (C=O) groups is 1. The van der Waals surface area contributed by atoms with Gasteiger partial charge in [-0.1, -0.05) is 75.2 Å². The minimum absolute atomic E-state index is 0.0670. The van der Waals surface area contributed by atoms with Crippen LogP contribution in [0.15, 0.2) is 88.9 Å². The Morgan fingerprint density at radius 2 is 1.78 bits per heavy atom. The number of para-hydroxylation sites is 2. The minimum atomic E-state index is 0.0670. The molecule has 6 heteroatoms. The molecular weight excluding hydrogens is 526 g/mol. The van der Waals surface area contributed by atoms with E-state index in [2.05, 4.69) is 80.1 Å². The average Bonchev–Trinajstić information content (AvgIpc) is 3.68. The summed E-state index contributed by atoms with van der Waals surface area (Å²) in [5.74, 6) is 1.43. The number of nitrogens with zero attached hydrogens (tertiary/aromatic N) is 3. The first-order chi connectivity index (χ1) is 20.0. The Kier molecular flexibility index (Phi) is 8.02. The van der Waals surface area contributed by atoms with Gasteiger partial charge < -0.3 is 9.30 Å². The van der Waals surface area contributed by atoms with Crippen LogP contribution in [0.25, 0.3) is 17.0 Å². The molecule has 1 aliphatic heterocycles. The molecule has 5 nitrogen and oxygen atoms in total. The molecule has 6 rings (SSSR count). The van der Waals surface area contributed by atoms with Gasteiger partial charge in [-0.3, -0.25) is 9.69 Å². The number of hydrogen-bond donors (Lipinski definition) is 0. The average molecular weight is 564 g/mol. The predicted octanol–water partition coefficient (Wildman–Crippen LogP) is 8.70. The van der Waals surface area contributed by atoms with Gasteiger partial charge in [0.15, 0.2) is 5.17 Å². The molecule has 4 aromatic rings. The van der Waals surface area contributed by atoms with Crippen LogP contribution in [0.1, 0.15) is 62.1 Å². The summed E-state index contributed by atoms with van der Waals surface area (Å²) in [5.41, 5.74) is 5.48. The largest absolute Gasteiger partial charge is 0.491 e. The summed E-state index contributed by atoms with van der Waals surface area (Å²) in [6.07, 6.45) is 8.60. The Bertz CT molecular complexity index is 1610. The normalized spacial score (nSPS) is 18.0. The number of aromatic nitrogens is 1. The molecule has 0 N–H and O–H groups in total. The van der Waals surface area contributed by atoms with E-state index >= 15 is 0 Å². The van der Waals surface area contributed by atoms with Crippen molar-refractivity contribution in [1.82, 2.24) is 9.47 Å². The second-order valence-electron chi connectivity index (χ2n) is 11.3. The fourth-order valence-corrected chi connectivity index (χ4v) is 6.93. The van der Waals surface area contributed by atoms with Crippen LogP contribution < -0.4 is 4.74 Å². The number of thioether (sulfide) groups is 1. The number of carbonyl (C=O) groups excluding carboxylic acids is 1. The van der Waals surface area contributed by atoms with Gasteiger partial charge in [0.1, 0.15) is 12.4 Å². The summed E-state index contributed by atoms with van der Waals surface area (Å²) in [6.45, 7) is 7.77. The van der Waals surface area contributed by atoms with E-state index < -0.39 is 0 Å². The van der Waals surface area contributed by atoms with E-state index in [1.807, 2.05) is 35.2 Å². The summed E-state index contributed by atoms with van der Waals surface area (Å²) in [6, 6.07) is 25.0. The van der Waals surface area contributed by atoms with Gasteiger partial charge in [-0.2, -0.15) is 0 Å². The molecule has 1 aromatic heterocycles. The molecule has 1 aliphatic carbocycles. The van der Waals surface area contributed by atoms with Gasteiger partial charge in [0.05, 0.1) is 17.1 Å². The SMILES string of the molecule is Cc1ccc(C(C)C)c(OCCn2cc(/C=C3\SC(=Nc4ccccc4)N(C4CCCC4)C3=O)c3ccccc32)c1. The second kappa shape index (κ2) is 12.0. The van der Waals surface area contributed by atoms with E-state index in [-0.39, 0.29) is 11.9 Å². The van der Waals surface area contributed by atoms with E-state index in [0.717, 1.165) is 63.7 Å². The third-order valence-electron chi connectivity index (χ3n) is 7.99. The van der Waals surface area contributed by atoms with Crippen LogP contribution in [-0.2, 0) is 11.3 Å². The van der Waals surface area contributed by atoms with Crippen molar-refractivity contribution in [3.63, 3.8) is 0 Å². The molecule has 0 radical (unpaired) electrons. The standard InChI is InChI=1S/C35H37N3O2S/c1-24(2)29-18-17-25(3)21-32(29)40-20-19-37-23-26(30-15-9-10-16-31(30)37)22-33-34(39)38(28-13-7-8-14-28)35(41-33)36-27-11-5-4-6-12-27/h4-6,9-12,15-18,21-24,28H,7-8,13-14,19-20H2,1-3H3/b33-22-,36-35?. The smallest absolute Gasteiger partial charge is 0.267 e. The molecule has 1 saturated heterocycles. The van der Waals surface area contributed by atoms with Crippen LogP contribution in [0.4, 0.5) is 5.69 Å². The van der Waals surface area contributed by atoms with Gasteiger partial charge >= 0.3 is 0 Å². The Morgan fingerprint density at radius 3 is 2.56 bits per heavy atom. The second-order valence-corrected chi connectivity index (χ2v) is 12.3. The molecule has 1 saturated carbocycles. The van der Waals surface area contributed by atoms with Gasteiger partial charge in [-0.05, 0) is 78.9 Å². The maximum atomic E-state index is 13.8. The van der Waals surface area contributed by atoms with E-state index in [0.29, 0.717) is 19.1 Å². The first-order valence-corrected chi connectivity index (χ1v) is 15.5. The Labute approximate surface area is 246 Å². The van der Waals surface area contributed by atoms with E-state index in [9.17, 15) is 4.79 Å². The van der Waals surface area contributed by atoms with E-state index in [1.54, 1.807) is 0 Å². The zero-order valence-electron chi connectivity index (χ0n) is 24.0. The number of amides is 1. The van der Waals surface area contributed by atoms with E-state index in [1.165, 1.54) is 22.9 Å². The number of benzene rings is 3. The number of fused-ring (bicyclic) bond motifs is 1. The maximum absolute atomic E-state index is 13.8. The number of aryl methyl sites for hydroxylation is 1. The van der Waals surface area contributed by atoms with Crippen molar-refractivity contribution < 1.29 is 9.53 Å². The quantitative estimate of drug-likeness (QED) is 0.202. The summed E-state index contributed by atoms with van der Waals surface area (Å²) in [7, 11) is 0. The van der Waals surface area contributed by atoms with Crippen molar-refractivity contribution in [1.29, 1.82) is 0 Å². The molecule has 1 amide bonds. The molecule has 2 heterocycles. The summed E-state index contributed by atoms with van der Waals surface area (Å²) in [4.78, 5) is 21.4. The molecular formula is C35H37N3O2S. The fraction of sp³-hybridized carbons (Fsp3) is 0.314. The van der Waals surface area contributed by atoms with Crippen LogP contribution in [0.3, 0.4) is 0 Å². The molecule has 3 aromatic carbocycles. The van der Waals surface area contributed by atoms with Crippen molar-refractivity contribution in [2.24, 2.45) is 4.99 Å². The molecule has 2 aliphatic rings. The fourth-order valence-electron chi connectivity index (χ4n) is 5.88. The molecule has 0 spiro atoms. The number of ether oxygens (including phenoxy) is 1. The Balaban J connectivity index is 1.28.